The van der Waals surface area contributed by atoms with E-state index in [1.54, 1.807) is 0 Å². The van der Waals surface area contributed by atoms with Crippen molar-refractivity contribution in [2.45, 2.75) is 0 Å². The SMILES string of the molecule is O=C(c1ccco1)c1cncn1S(=O)(=O)O. The van der Waals surface area contributed by atoms with Gasteiger partial charge in [0.25, 0.3) is 0 Å². The Balaban J connectivity index is 2.51. The molecule has 8 heteroatoms. The van der Waals surface area contributed by atoms with Gasteiger partial charge in [0, 0.05) is 0 Å². The highest BCUT2D eigenvalue weighted by molar-refractivity contribution is 7.84. The molecule has 0 unspecified atom stereocenters. The van der Waals surface area contributed by atoms with E-state index in [2.05, 4.69) is 4.98 Å². The number of ketones is 1. The first kappa shape index (κ1) is 10.6. The zero-order valence-corrected chi connectivity index (χ0v) is 8.59. The third-order valence-corrected chi connectivity index (χ3v) is 2.62. The molecule has 0 aliphatic rings. The number of nitrogens with zero attached hydrogens (tertiary/aromatic N) is 2. The van der Waals surface area contributed by atoms with E-state index in [-0.39, 0.29) is 11.5 Å². The minimum absolute atomic E-state index is 0.0367. The van der Waals surface area contributed by atoms with E-state index in [0.717, 1.165) is 12.5 Å². The molecule has 0 amide bonds. The minimum Gasteiger partial charge on any atom is -0.461 e. The molecular weight excluding hydrogens is 236 g/mol. The predicted octanol–water partition coefficient (Wildman–Crippen LogP) is 0.358. The molecule has 2 aromatic rings. The van der Waals surface area contributed by atoms with Crippen LogP contribution in [0.25, 0.3) is 0 Å². The lowest BCUT2D eigenvalue weighted by atomic mass is 10.2. The molecule has 0 saturated carbocycles. The van der Waals surface area contributed by atoms with Crippen molar-refractivity contribution in [3.8, 4) is 0 Å². The number of imidazole rings is 1. The summed E-state index contributed by atoms with van der Waals surface area (Å²) < 4.78 is 35.8. The summed E-state index contributed by atoms with van der Waals surface area (Å²) in [6, 6.07) is 2.87. The third-order valence-electron chi connectivity index (χ3n) is 1.83. The molecule has 0 radical (unpaired) electrons. The summed E-state index contributed by atoms with van der Waals surface area (Å²) in [5, 5.41) is 0. The van der Waals surface area contributed by atoms with Crippen LogP contribution in [0.3, 0.4) is 0 Å². The van der Waals surface area contributed by atoms with E-state index >= 15 is 0 Å². The quantitative estimate of drug-likeness (QED) is 0.615. The van der Waals surface area contributed by atoms with E-state index < -0.39 is 16.1 Å². The smallest absolute Gasteiger partial charge is 0.365 e. The Hall–Kier alpha value is -1.93. The molecule has 0 spiro atoms. The van der Waals surface area contributed by atoms with Gasteiger partial charge in [0.05, 0.1) is 12.5 Å². The van der Waals surface area contributed by atoms with Crippen LogP contribution in [-0.4, -0.2) is 27.7 Å². The van der Waals surface area contributed by atoms with Gasteiger partial charge < -0.3 is 4.42 Å². The van der Waals surface area contributed by atoms with Crippen LogP contribution in [0.2, 0.25) is 0 Å². The van der Waals surface area contributed by atoms with Crippen LogP contribution in [0.5, 0.6) is 0 Å². The van der Waals surface area contributed by atoms with Crippen LogP contribution in [0, 0.1) is 0 Å². The molecule has 0 fully saturated rings. The normalized spacial score (nSPS) is 11.6. The molecule has 0 atom stereocenters. The van der Waals surface area contributed by atoms with Crippen LogP contribution < -0.4 is 0 Å². The number of hydrogen-bond acceptors (Lipinski definition) is 5. The molecule has 84 valence electrons. The highest BCUT2D eigenvalue weighted by atomic mass is 32.2. The van der Waals surface area contributed by atoms with Gasteiger partial charge in [-0.25, -0.2) is 8.96 Å². The summed E-state index contributed by atoms with van der Waals surface area (Å²) in [7, 11) is -4.53. The average Bonchev–Trinajstić information content (AvgIpc) is 2.87. The van der Waals surface area contributed by atoms with Gasteiger partial charge in [-0.2, -0.15) is 8.42 Å². The second-order valence-corrected chi connectivity index (χ2v) is 4.15. The molecule has 0 bridgehead atoms. The van der Waals surface area contributed by atoms with Crippen molar-refractivity contribution >= 4 is 16.1 Å². The fourth-order valence-electron chi connectivity index (χ4n) is 1.16. The monoisotopic (exact) mass is 242 g/mol. The van der Waals surface area contributed by atoms with Gasteiger partial charge in [-0.3, -0.25) is 9.35 Å². The van der Waals surface area contributed by atoms with Crippen molar-refractivity contribution in [2.24, 2.45) is 0 Å². The minimum atomic E-state index is -4.53. The largest absolute Gasteiger partial charge is 0.461 e. The first-order valence-electron chi connectivity index (χ1n) is 4.08. The lowest BCUT2D eigenvalue weighted by Gasteiger charge is -2.00. The van der Waals surface area contributed by atoms with Crippen molar-refractivity contribution in [1.29, 1.82) is 0 Å². The zero-order valence-electron chi connectivity index (χ0n) is 7.77. The third kappa shape index (κ3) is 1.75. The number of hydrogen-bond donors (Lipinski definition) is 1. The number of rotatable bonds is 3. The van der Waals surface area contributed by atoms with Crippen LogP contribution in [0.4, 0.5) is 0 Å². The van der Waals surface area contributed by atoms with E-state index in [4.69, 9.17) is 8.97 Å². The topological polar surface area (TPSA) is 102 Å². The van der Waals surface area contributed by atoms with E-state index in [1.165, 1.54) is 18.4 Å². The summed E-state index contributed by atoms with van der Waals surface area (Å²) in [4.78, 5) is 15.2. The highest BCUT2D eigenvalue weighted by Gasteiger charge is 2.21. The fraction of sp³-hybridized carbons (Fsp3) is 0. The Morgan fingerprint density at radius 2 is 2.25 bits per heavy atom. The Morgan fingerprint density at radius 1 is 1.50 bits per heavy atom. The van der Waals surface area contributed by atoms with Crippen molar-refractivity contribution < 1.29 is 22.2 Å². The Morgan fingerprint density at radius 3 is 2.81 bits per heavy atom. The van der Waals surface area contributed by atoms with Crippen LogP contribution in [0.15, 0.2) is 35.3 Å². The molecule has 16 heavy (non-hydrogen) atoms. The van der Waals surface area contributed by atoms with E-state index in [0.29, 0.717) is 3.97 Å². The summed E-state index contributed by atoms with van der Waals surface area (Å²) in [6.45, 7) is 0. The zero-order chi connectivity index (χ0) is 11.8. The first-order valence-corrected chi connectivity index (χ1v) is 5.48. The maximum absolute atomic E-state index is 11.7. The molecule has 0 aromatic carbocycles. The molecule has 0 aliphatic heterocycles. The van der Waals surface area contributed by atoms with Gasteiger partial charge in [0.1, 0.15) is 12.0 Å². The Labute approximate surface area is 90.2 Å². The van der Waals surface area contributed by atoms with Crippen LogP contribution >= 0.6 is 0 Å². The Kier molecular flexibility index (Phi) is 2.37. The first-order chi connectivity index (χ1) is 7.50. The molecule has 0 saturated heterocycles. The van der Waals surface area contributed by atoms with E-state index in [9.17, 15) is 13.2 Å². The molecule has 0 aliphatic carbocycles. The van der Waals surface area contributed by atoms with Gasteiger partial charge in [-0.1, -0.05) is 0 Å². The summed E-state index contributed by atoms with van der Waals surface area (Å²) in [5.41, 5.74) is -0.294. The predicted molar refractivity (Wildman–Crippen MR) is 51.3 cm³/mol. The van der Waals surface area contributed by atoms with Crippen LogP contribution in [-0.2, 0) is 10.3 Å². The van der Waals surface area contributed by atoms with Crippen molar-refractivity contribution in [3.63, 3.8) is 0 Å². The molecule has 2 aromatic heterocycles. The van der Waals surface area contributed by atoms with Crippen molar-refractivity contribution in [2.75, 3.05) is 0 Å². The van der Waals surface area contributed by atoms with Gasteiger partial charge in [-0.15, -0.1) is 0 Å². The highest BCUT2D eigenvalue weighted by Crippen LogP contribution is 2.11. The standard InChI is InChI=1S/C8H6N2O5S/c11-8(7-2-1-3-15-7)6-4-9-5-10(6)16(12,13)14/h1-5H,(H,12,13,14). The number of aromatic nitrogens is 2. The summed E-state index contributed by atoms with van der Waals surface area (Å²) >= 11 is 0. The molecule has 7 nitrogen and oxygen atoms in total. The molecule has 2 rings (SSSR count). The Bertz CT molecular complexity index is 611. The maximum Gasteiger partial charge on any atom is 0.365 e. The molecule has 1 N–H and O–H groups in total. The van der Waals surface area contributed by atoms with Gasteiger partial charge in [-0.05, 0) is 12.1 Å². The lowest BCUT2D eigenvalue weighted by molar-refractivity contribution is 0.100. The number of furan rings is 1. The summed E-state index contributed by atoms with van der Waals surface area (Å²) in [6.07, 6.45) is 3.13. The second-order valence-electron chi connectivity index (χ2n) is 2.86. The average molecular weight is 242 g/mol. The van der Waals surface area contributed by atoms with Gasteiger partial charge >= 0.3 is 10.3 Å². The second kappa shape index (κ2) is 3.58. The van der Waals surface area contributed by atoms with Gasteiger partial charge in [0.2, 0.25) is 5.78 Å². The van der Waals surface area contributed by atoms with Crippen molar-refractivity contribution in [3.05, 3.63) is 42.4 Å². The van der Waals surface area contributed by atoms with Crippen LogP contribution in [0.1, 0.15) is 16.2 Å². The lowest BCUT2D eigenvalue weighted by Crippen LogP contribution is -2.16. The maximum atomic E-state index is 11.7. The fourth-order valence-corrected chi connectivity index (χ4v) is 1.71. The van der Waals surface area contributed by atoms with Crippen molar-refractivity contribution in [1.82, 2.24) is 8.96 Å². The number of carbonyl (C=O) groups is 1. The number of carbonyl (C=O) groups excluding carboxylic acids is 1. The van der Waals surface area contributed by atoms with E-state index in [1.807, 2.05) is 0 Å². The van der Waals surface area contributed by atoms with Gasteiger partial charge in [0.15, 0.2) is 5.76 Å². The summed E-state index contributed by atoms with van der Waals surface area (Å²) in [5.74, 6) is -0.717. The molecular formula is C8H6N2O5S. The molecule has 2 heterocycles.